The van der Waals surface area contributed by atoms with E-state index in [0.29, 0.717) is 31.7 Å². The zero-order valence-corrected chi connectivity index (χ0v) is 13.6. The first-order chi connectivity index (χ1) is 11.7. The Labute approximate surface area is 140 Å². The van der Waals surface area contributed by atoms with Crippen molar-refractivity contribution in [1.82, 2.24) is 14.9 Å². The SMILES string of the molecule is CNc1cc(N2CCN(C(=O)Cc3ccccc3F)CC2)ncn1. The van der Waals surface area contributed by atoms with Crippen LogP contribution in [-0.2, 0) is 11.2 Å². The Morgan fingerprint density at radius 3 is 2.67 bits per heavy atom. The Morgan fingerprint density at radius 2 is 1.96 bits per heavy atom. The van der Waals surface area contributed by atoms with Crippen molar-refractivity contribution in [1.29, 1.82) is 0 Å². The van der Waals surface area contributed by atoms with E-state index >= 15 is 0 Å². The van der Waals surface area contributed by atoms with Gasteiger partial charge in [0.15, 0.2) is 0 Å². The Balaban J connectivity index is 1.58. The second-order valence-corrected chi connectivity index (χ2v) is 5.65. The highest BCUT2D eigenvalue weighted by molar-refractivity contribution is 5.79. The molecule has 0 radical (unpaired) electrons. The van der Waals surface area contributed by atoms with Gasteiger partial charge in [0.25, 0.3) is 0 Å². The number of benzene rings is 1. The van der Waals surface area contributed by atoms with Crippen molar-refractivity contribution in [2.45, 2.75) is 6.42 Å². The summed E-state index contributed by atoms with van der Waals surface area (Å²) in [5, 5.41) is 2.99. The third-order valence-electron chi connectivity index (χ3n) is 4.16. The lowest BCUT2D eigenvalue weighted by molar-refractivity contribution is -0.130. The normalized spacial score (nSPS) is 14.6. The van der Waals surface area contributed by atoms with E-state index in [0.717, 1.165) is 11.6 Å². The van der Waals surface area contributed by atoms with Gasteiger partial charge in [-0.15, -0.1) is 0 Å². The van der Waals surface area contributed by atoms with Crippen molar-refractivity contribution in [2.24, 2.45) is 0 Å². The first-order valence-corrected chi connectivity index (χ1v) is 7.93. The van der Waals surface area contributed by atoms with Crippen LogP contribution in [0.25, 0.3) is 0 Å². The Kier molecular flexibility index (Phi) is 4.88. The van der Waals surface area contributed by atoms with Crippen LogP contribution in [0.1, 0.15) is 5.56 Å². The Hall–Kier alpha value is -2.70. The van der Waals surface area contributed by atoms with E-state index in [4.69, 9.17) is 0 Å². The maximum absolute atomic E-state index is 13.7. The first-order valence-electron chi connectivity index (χ1n) is 7.93. The highest BCUT2D eigenvalue weighted by Crippen LogP contribution is 2.17. The van der Waals surface area contributed by atoms with Gasteiger partial charge in [0.2, 0.25) is 5.91 Å². The molecule has 2 aromatic rings. The zero-order chi connectivity index (χ0) is 16.9. The fraction of sp³-hybridized carbons (Fsp3) is 0.353. The molecule has 0 bridgehead atoms. The fourth-order valence-corrected chi connectivity index (χ4v) is 2.76. The summed E-state index contributed by atoms with van der Waals surface area (Å²) < 4.78 is 13.7. The summed E-state index contributed by atoms with van der Waals surface area (Å²) in [5.41, 5.74) is 0.444. The number of hydrogen-bond acceptors (Lipinski definition) is 5. The van der Waals surface area contributed by atoms with E-state index in [1.807, 2.05) is 13.1 Å². The largest absolute Gasteiger partial charge is 0.373 e. The van der Waals surface area contributed by atoms with Crippen LogP contribution < -0.4 is 10.2 Å². The highest BCUT2D eigenvalue weighted by atomic mass is 19.1. The van der Waals surface area contributed by atoms with E-state index in [-0.39, 0.29) is 18.1 Å². The van der Waals surface area contributed by atoms with Crippen LogP contribution in [0.3, 0.4) is 0 Å². The lowest BCUT2D eigenvalue weighted by atomic mass is 10.1. The topological polar surface area (TPSA) is 61.4 Å². The number of nitrogens with zero attached hydrogens (tertiary/aromatic N) is 4. The minimum absolute atomic E-state index is 0.0432. The molecule has 1 fully saturated rings. The number of amides is 1. The van der Waals surface area contributed by atoms with E-state index in [2.05, 4.69) is 20.2 Å². The summed E-state index contributed by atoms with van der Waals surface area (Å²) in [6.07, 6.45) is 1.63. The van der Waals surface area contributed by atoms with Gasteiger partial charge < -0.3 is 15.1 Å². The standard InChI is InChI=1S/C17H20FN5O/c1-19-15-11-16(21-12-20-15)22-6-8-23(9-7-22)17(24)10-13-4-2-3-5-14(13)18/h2-5,11-12H,6-10H2,1H3,(H,19,20,21). The number of rotatable bonds is 4. The van der Waals surface area contributed by atoms with Crippen LogP contribution in [0.5, 0.6) is 0 Å². The summed E-state index contributed by atoms with van der Waals surface area (Å²) >= 11 is 0. The molecule has 0 spiro atoms. The van der Waals surface area contributed by atoms with Crippen molar-refractivity contribution in [3.63, 3.8) is 0 Å². The molecule has 0 saturated carbocycles. The number of hydrogen-bond donors (Lipinski definition) is 1. The second kappa shape index (κ2) is 7.25. The minimum Gasteiger partial charge on any atom is -0.373 e. The van der Waals surface area contributed by atoms with Crippen LogP contribution in [-0.4, -0.2) is 54.0 Å². The zero-order valence-electron chi connectivity index (χ0n) is 13.6. The van der Waals surface area contributed by atoms with Gasteiger partial charge in [-0.25, -0.2) is 14.4 Å². The predicted molar refractivity (Wildman–Crippen MR) is 90.5 cm³/mol. The summed E-state index contributed by atoms with van der Waals surface area (Å²) in [6.45, 7) is 2.60. The van der Waals surface area contributed by atoms with Crippen LogP contribution in [0, 0.1) is 5.82 Å². The molecule has 1 N–H and O–H groups in total. The number of nitrogens with one attached hydrogen (secondary N) is 1. The fourth-order valence-electron chi connectivity index (χ4n) is 2.76. The molecule has 126 valence electrons. The third-order valence-corrected chi connectivity index (χ3v) is 4.16. The van der Waals surface area contributed by atoms with Gasteiger partial charge in [-0.05, 0) is 11.6 Å². The first kappa shape index (κ1) is 16.2. The van der Waals surface area contributed by atoms with Crippen molar-refractivity contribution in [3.8, 4) is 0 Å². The summed E-state index contributed by atoms with van der Waals surface area (Å²) in [6, 6.07) is 8.30. The monoisotopic (exact) mass is 329 g/mol. The number of aromatic nitrogens is 2. The molecule has 1 aromatic heterocycles. The lowest BCUT2D eigenvalue weighted by Crippen LogP contribution is -2.49. The third kappa shape index (κ3) is 3.61. The van der Waals surface area contributed by atoms with Crippen molar-refractivity contribution < 1.29 is 9.18 Å². The van der Waals surface area contributed by atoms with Crippen LogP contribution in [0.2, 0.25) is 0 Å². The van der Waals surface area contributed by atoms with Gasteiger partial charge in [-0.3, -0.25) is 4.79 Å². The molecule has 0 aliphatic carbocycles. The molecule has 3 rings (SSSR count). The Bertz CT molecular complexity index is 716. The molecular weight excluding hydrogens is 309 g/mol. The molecule has 1 amide bonds. The summed E-state index contributed by atoms with van der Waals surface area (Å²) in [5.74, 6) is 1.23. The molecule has 1 aromatic carbocycles. The molecule has 7 heteroatoms. The van der Waals surface area contributed by atoms with Gasteiger partial charge in [0.1, 0.15) is 23.8 Å². The van der Waals surface area contributed by atoms with Crippen molar-refractivity contribution in [3.05, 3.63) is 48.0 Å². The highest BCUT2D eigenvalue weighted by Gasteiger charge is 2.22. The van der Waals surface area contributed by atoms with Crippen molar-refractivity contribution in [2.75, 3.05) is 43.4 Å². The molecule has 0 unspecified atom stereocenters. The predicted octanol–water partition coefficient (Wildman–Crippen LogP) is 1.55. The number of anilines is 2. The molecule has 1 aliphatic rings. The van der Waals surface area contributed by atoms with Gasteiger partial charge >= 0.3 is 0 Å². The molecule has 2 heterocycles. The van der Waals surface area contributed by atoms with E-state index < -0.39 is 0 Å². The van der Waals surface area contributed by atoms with Gasteiger partial charge in [-0.1, -0.05) is 18.2 Å². The number of halogens is 1. The van der Waals surface area contributed by atoms with Gasteiger partial charge in [-0.2, -0.15) is 0 Å². The molecular formula is C17H20FN5O. The second-order valence-electron chi connectivity index (χ2n) is 5.65. The minimum atomic E-state index is -0.329. The maximum Gasteiger partial charge on any atom is 0.227 e. The van der Waals surface area contributed by atoms with Crippen molar-refractivity contribution >= 4 is 17.5 Å². The molecule has 6 nitrogen and oxygen atoms in total. The average Bonchev–Trinajstić information content (AvgIpc) is 2.64. The van der Waals surface area contributed by atoms with E-state index in [1.54, 1.807) is 23.1 Å². The van der Waals surface area contributed by atoms with Gasteiger partial charge in [0.05, 0.1) is 6.42 Å². The number of carbonyl (C=O) groups is 1. The van der Waals surface area contributed by atoms with Crippen LogP contribution in [0.4, 0.5) is 16.0 Å². The summed E-state index contributed by atoms with van der Waals surface area (Å²) in [4.78, 5) is 24.7. The number of piperazine rings is 1. The molecule has 1 saturated heterocycles. The number of carbonyl (C=O) groups excluding carboxylic acids is 1. The smallest absolute Gasteiger partial charge is 0.227 e. The quantitative estimate of drug-likeness (QED) is 0.922. The van der Waals surface area contributed by atoms with Crippen LogP contribution >= 0.6 is 0 Å². The Morgan fingerprint density at radius 1 is 1.21 bits per heavy atom. The molecule has 1 aliphatic heterocycles. The molecule has 0 atom stereocenters. The molecule has 24 heavy (non-hydrogen) atoms. The maximum atomic E-state index is 13.7. The summed E-state index contributed by atoms with van der Waals surface area (Å²) in [7, 11) is 1.81. The van der Waals surface area contributed by atoms with E-state index in [9.17, 15) is 9.18 Å². The average molecular weight is 329 g/mol. The lowest BCUT2D eigenvalue weighted by Gasteiger charge is -2.35. The van der Waals surface area contributed by atoms with Crippen LogP contribution in [0.15, 0.2) is 36.7 Å². The van der Waals surface area contributed by atoms with Gasteiger partial charge in [0, 0.05) is 39.3 Å². The van der Waals surface area contributed by atoms with E-state index in [1.165, 1.54) is 12.4 Å².